The van der Waals surface area contributed by atoms with E-state index in [1.165, 1.54) is 12.1 Å². The van der Waals surface area contributed by atoms with E-state index in [0.29, 0.717) is 31.5 Å². The zero-order valence-electron chi connectivity index (χ0n) is 11.3. The summed E-state index contributed by atoms with van der Waals surface area (Å²) in [6, 6.07) is 5.95. The number of amides is 1. The number of halogens is 3. The fourth-order valence-corrected chi connectivity index (χ4v) is 2.28. The first kappa shape index (κ1) is 15.6. The standard InChI is InChI=1S/C14H17F3N2O2/c15-14(16,17)21-12-5-2-1-4-9(12)10-8-11(10)13(20)19-7-3-6-18/h1-2,4-5,10-11H,3,6-8,18H2,(H,19,20). The van der Waals surface area contributed by atoms with Gasteiger partial charge in [0.05, 0.1) is 0 Å². The highest BCUT2D eigenvalue weighted by atomic mass is 19.4. The highest BCUT2D eigenvalue weighted by Gasteiger charge is 2.46. The van der Waals surface area contributed by atoms with Gasteiger partial charge in [-0.1, -0.05) is 18.2 Å². The van der Waals surface area contributed by atoms with E-state index in [9.17, 15) is 18.0 Å². The van der Waals surface area contributed by atoms with Crippen molar-refractivity contribution >= 4 is 5.91 Å². The number of benzene rings is 1. The monoisotopic (exact) mass is 302 g/mol. The van der Waals surface area contributed by atoms with Crippen molar-refractivity contribution in [3.63, 3.8) is 0 Å². The summed E-state index contributed by atoms with van der Waals surface area (Å²) < 4.78 is 41.1. The number of nitrogens with two attached hydrogens (primary N) is 1. The summed E-state index contributed by atoms with van der Waals surface area (Å²) in [7, 11) is 0. The molecule has 1 aromatic rings. The third-order valence-corrected chi connectivity index (χ3v) is 3.35. The van der Waals surface area contributed by atoms with Crippen molar-refractivity contribution in [3.05, 3.63) is 29.8 Å². The Morgan fingerprint density at radius 2 is 2.10 bits per heavy atom. The van der Waals surface area contributed by atoms with Crippen LogP contribution in [0.25, 0.3) is 0 Å². The minimum Gasteiger partial charge on any atom is -0.405 e. The van der Waals surface area contributed by atoms with E-state index in [1.807, 2.05) is 0 Å². The van der Waals surface area contributed by atoms with E-state index in [1.54, 1.807) is 12.1 Å². The number of carbonyl (C=O) groups excluding carboxylic acids is 1. The second-order valence-corrected chi connectivity index (χ2v) is 4.97. The Hall–Kier alpha value is -1.76. The number of hydrogen-bond donors (Lipinski definition) is 2. The van der Waals surface area contributed by atoms with Gasteiger partial charge in [0, 0.05) is 12.5 Å². The van der Waals surface area contributed by atoms with Crippen LogP contribution in [0.15, 0.2) is 24.3 Å². The van der Waals surface area contributed by atoms with E-state index in [4.69, 9.17) is 5.73 Å². The third-order valence-electron chi connectivity index (χ3n) is 3.35. The normalized spacial score (nSPS) is 21.0. The van der Waals surface area contributed by atoms with E-state index in [-0.39, 0.29) is 23.5 Å². The molecule has 0 aromatic heterocycles. The second kappa shape index (κ2) is 6.34. The second-order valence-electron chi connectivity index (χ2n) is 4.97. The van der Waals surface area contributed by atoms with Gasteiger partial charge in [0.15, 0.2) is 0 Å². The quantitative estimate of drug-likeness (QED) is 0.791. The van der Waals surface area contributed by atoms with Gasteiger partial charge in [-0.3, -0.25) is 4.79 Å². The van der Waals surface area contributed by atoms with E-state index < -0.39 is 6.36 Å². The number of carbonyl (C=O) groups is 1. The molecule has 0 heterocycles. The predicted molar refractivity (Wildman–Crippen MR) is 70.7 cm³/mol. The van der Waals surface area contributed by atoms with Crippen molar-refractivity contribution in [3.8, 4) is 5.75 Å². The number of rotatable bonds is 6. The average molecular weight is 302 g/mol. The molecule has 0 aliphatic heterocycles. The Kier molecular flexibility index (Phi) is 4.72. The molecule has 116 valence electrons. The molecule has 1 aliphatic rings. The van der Waals surface area contributed by atoms with Crippen molar-refractivity contribution < 1.29 is 22.7 Å². The minimum absolute atomic E-state index is 0.143. The van der Waals surface area contributed by atoms with Crippen LogP contribution in [-0.2, 0) is 4.79 Å². The smallest absolute Gasteiger partial charge is 0.405 e. The van der Waals surface area contributed by atoms with Crippen molar-refractivity contribution in [2.24, 2.45) is 11.7 Å². The SMILES string of the molecule is NCCCNC(=O)C1CC1c1ccccc1OC(F)(F)F. The molecule has 2 unspecified atom stereocenters. The Balaban J connectivity index is 1.99. The number of para-hydroxylation sites is 1. The fraction of sp³-hybridized carbons (Fsp3) is 0.500. The van der Waals surface area contributed by atoms with Gasteiger partial charge in [0.25, 0.3) is 0 Å². The molecule has 2 atom stereocenters. The van der Waals surface area contributed by atoms with Crippen LogP contribution in [0.2, 0.25) is 0 Å². The maximum absolute atomic E-state index is 12.4. The molecule has 21 heavy (non-hydrogen) atoms. The Morgan fingerprint density at radius 3 is 2.76 bits per heavy atom. The molecule has 1 saturated carbocycles. The molecule has 3 N–H and O–H groups in total. The lowest BCUT2D eigenvalue weighted by molar-refractivity contribution is -0.274. The van der Waals surface area contributed by atoms with E-state index in [2.05, 4.69) is 10.1 Å². The fourth-order valence-electron chi connectivity index (χ4n) is 2.28. The van der Waals surface area contributed by atoms with Crippen LogP contribution < -0.4 is 15.8 Å². The summed E-state index contributed by atoms with van der Waals surface area (Å²) in [5.74, 6) is -0.885. The average Bonchev–Trinajstić information content (AvgIpc) is 3.18. The van der Waals surface area contributed by atoms with Gasteiger partial charge in [-0.2, -0.15) is 0 Å². The summed E-state index contributed by atoms with van der Waals surface area (Å²) in [5, 5.41) is 2.73. The van der Waals surface area contributed by atoms with Crippen molar-refractivity contribution in [2.45, 2.75) is 25.1 Å². The summed E-state index contributed by atoms with van der Waals surface area (Å²) in [6.07, 6.45) is -3.52. The van der Waals surface area contributed by atoms with Gasteiger partial charge in [-0.05, 0) is 36.9 Å². The van der Waals surface area contributed by atoms with Gasteiger partial charge in [0.1, 0.15) is 5.75 Å². The lowest BCUT2D eigenvalue weighted by Crippen LogP contribution is -2.27. The van der Waals surface area contributed by atoms with Gasteiger partial charge < -0.3 is 15.8 Å². The summed E-state index contributed by atoms with van der Waals surface area (Å²) in [5.41, 5.74) is 5.75. The van der Waals surface area contributed by atoms with Gasteiger partial charge in [0.2, 0.25) is 5.91 Å². The largest absolute Gasteiger partial charge is 0.573 e. The first-order valence-electron chi connectivity index (χ1n) is 6.75. The summed E-state index contributed by atoms with van der Waals surface area (Å²) in [6.45, 7) is 0.968. The Labute approximate surface area is 120 Å². The molecule has 1 amide bonds. The van der Waals surface area contributed by atoms with Crippen LogP contribution in [0.1, 0.15) is 24.3 Å². The maximum atomic E-state index is 12.4. The number of ether oxygens (including phenoxy) is 1. The predicted octanol–water partition coefficient (Wildman–Crippen LogP) is 2.15. The van der Waals surface area contributed by atoms with E-state index >= 15 is 0 Å². The molecule has 0 spiro atoms. The van der Waals surface area contributed by atoms with Crippen molar-refractivity contribution in [1.82, 2.24) is 5.32 Å². The first-order chi connectivity index (χ1) is 9.92. The zero-order valence-corrected chi connectivity index (χ0v) is 11.3. The third kappa shape index (κ3) is 4.35. The van der Waals surface area contributed by atoms with Crippen LogP contribution in [-0.4, -0.2) is 25.4 Å². The van der Waals surface area contributed by atoms with E-state index in [0.717, 1.165) is 0 Å². The number of hydrogen-bond acceptors (Lipinski definition) is 3. The number of nitrogens with one attached hydrogen (secondary N) is 1. The zero-order chi connectivity index (χ0) is 15.5. The first-order valence-corrected chi connectivity index (χ1v) is 6.75. The highest BCUT2D eigenvalue weighted by molar-refractivity contribution is 5.83. The molecule has 1 aromatic carbocycles. The topological polar surface area (TPSA) is 64.3 Å². The van der Waals surface area contributed by atoms with Crippen molar-refractivity contribution in [1.29, 1.82) is 0 Å². The lowest BCUT2D eigenvalue weighted by Gasteiger charge is -2.13. The highest BCUT2D eigenvalue weighted by Crippen LogP contribution is 2.50. The molecule has 4 nitrogen and oxygen atoms in total. The molecular formula is C14H17F3N2O2. The lowest BCUT2D eigenvalue weighted by atomic mass is 10.1. The van der Waals surface area contributed by atoms with Gasteiger partial charge in [-0.15, -0.1) is 13.2 Å². The van der Waals surface area contributed by atoms with Crippen LogP contribution >= 0.6 is 0 Å². The Bertz CT molecular complexity index is 505. The molecule has 1 fully saturated rings. The summed E-state index contributed by atoms with van der Waals surface area (Å²) in [4.78, 5) is 11.8. The Morgan fingerprint density at radius 1 is 1.38 bits per heavy atom. The summed E-state index contributed by atoms with van der Waals surface area (Å²) >= 11 is 0. The molecule has 0 saturated heterocycles. The maximum Gasteiger partial charge on any atom is 0.573 e. The van der Waals surface area contributed by atoms with Crippen molar-refractivity contribution in [2.75, 3.05) is 13.1 Å². The molecule has 0 radical (unpaired) electrons. The molecule has 0 bridgehead atoms. The molecular weight excluding hydrogens is 285 g/mol. The van der Waals surface area contributed by atoms with Gasteiger partial charge in [-0.25, -0.2) is 0 Å². The van der Waals surface area contributed by atoms with Crippen LogP contribution in [0.4, 0.5) is 13.2 Å². The van der Waals surface area contributed by atoms with Gasteiger partial charge >= 0.3 is 6.36 Å². The molecule has 2 rings (SSSR count). The molecule has 7 heteroatoms. The number of alkyl halides is 3. The van der Waals surface area contributed by atoms with Crippen LogP contribution in [0.3, 0.4) is 0 Å². The van der Waals surface area contributed by atoms with Crippen LogP contribution in [0, 0.1) is 5.92 Å². The minimum atomic E-state index is -4.73. The van der Waals surface area contributed by atoms with Crippen LogP contribution in [0.5, 0.6) is 5.75 Å². The molecule has 1 aliphatic carbocycles.